The van der Waals surface area contributed by atoms with E-state index in [0.29, 0.717) is 24.7 Å². The van der Waals surface area contributed by atoms with Crippen LogP contribution in [0.3, 0.4) is 0 Å². The number of nitrogens with zero attached hydrogens (tertiary/aromatic N) is 6. The number of morpholine rings is 1. The zero-order valence-corrected chi connectivity index (χ0v) is 14.7. The van der Waals surface area contributed by atoms with Gasteiger partial charge in [0, 0.05) is 13.1 Å². The number of nitriles is 1. The molecule has 3 aromatic rings. The normalized spacial score (nSPS) is 14.6. The smallest absolute Gasteiger partial charge is 0.266 e. The van der Waals surface area contributed by atoms with Crippen molar-refractivity contribution in [3.63, 3.8) is 0 Å². The van der Waals surface area contributed by atoms with Crippen molar-refractivity contribution in [2.75, 3.05) is 37.0 Å². The molecule has 0 unspecified atom stereocenters. The molecular weight excluding hydrogens is 342 g/mol. The van der Waals surface area contributed by atoms with Gasteiger partial charge in [0.15, 0.2) is 0 Å². The van der Waals surface area contributed by atoms with E-state index < -0.39 is 0 Å². The van der Waals surface area contributed by atoms with E-state index in [-0.39, 0.29) is 5.95 Å². The lowest BCUT2D eigenvalue weighted by atomic mass is 10.2. The fraction of sp³-hybridized carbons (Fsp3) is 0.211. The van der Waals surface area contributed by atoms with Crippen LogP contribution in [0, 0.1) is 11.3 Å². The number of hydrazine groups is 1. The van der Waals surface area contributed by atoms with Crippen molar-refractivity contribution in [3.05, 3.63) is 60.2 Å². The topological polar surface area (TPSA) is 96.2 Å². The maximum Gasteiger partial charge on any atom is 0.266 e. The molecule has 4 rings (SSSR count). The number of rotatable bonds is 4. The molecule has 2 heterocycles. The first kappa shape index (κ1) is 17.0. The number of benzene rings is 2. The van der Waals surface area contributed by atoms with E-state index in [1.165, 1.54) is 0 Å². The first-order chi connectivity index (χ1) is 13.3. The molecule has 27 heavy (non-hydrogen) atoms. The van der Waals surface area contributed by atoms with E-state index >= 15 is 0 Å². The average Bonchev–Trinajstić information content (AvgIpc) is 3.11. The molecule has 0 radical (unpaired) electrons. The van der Waals surface area contributed by atoms with Gasteiger partial charge in [-0.25, -0.2) is 10.0 Å². The summed E-state index contributed by atoms with van der Waals surface area (Å²) < 4.78 is 7.05. The highest BCUT2D eigenvalue weighted by Gasteiger charge is 2.25. The van der Waals surface area contributed by atoms with Crippen molar-refractivity contribution >= 4 is 17.6 Å². The molecule has 2 aromatic carbocycles. The van der Waals surface area contributed by atoms with E-state index in [1.54, 1.807) is 28.9 Å². The SMILES string of the molecule is N#Cc1ccc(-n2nc(N(c3ccccc3)N3CCOCC3)nc2N)cc1. The Morgan fingerprint density at radius 2 is 1.74 bits per heavy atom. The van der Waals surface area contributed by atoms with Gasteiger partial charge in [0.1, 0.15) is 0 Å². The Morgan fingerprint density at radius 1 is 1.04 bits per heavy atom. The van der Waals surface area contributed by atoms with Crippen LogP contribution in [0.5, 0.6) is 0 Å². The van der Waals surface area contributed by atoms with Crippen molar-refractivity contribution in [1.82, 2.24) is 19.8 Å². The number of anilines is 3. The molecule has 136 valence electrons. The van der Waals surface area contributed by atoms with Crippen molar-refractivity contribution in [1.29, 1.82) is 5.26 Å². The number of nitrogen functional groups attached to an aromatic ring is 1. The van der Waals surface area contributed by atoms with Gasteiger partial charge in [-0.15, -0.1) is 5.10 Å². The average molecular weight is 361 g/mol. The number of hydrogen-bond acceptors (Lipinski definition) is 7. The number of ether oxygens (including phenoxy) is 1. The molecule has 1 aliphatic rings. The largest absolute Gasteiger partial charge is 0.379 e. The van der Waals surface area contributed by atoms with Gasteiger partial charge in [-0.1, -0.05) is 18.2 Å². The van der Waals surface area contributed by atoms with Gasteiger partial charge >= 0.3 is 0 Å². The molecule has 0 bridgehead atoms. The second kappa shape index (κ2) is 7.45. The van der Waals surface area contributed by atoms with E-state index in [4.69, 9.17) is 15.7 Å². The lowest BCUT2D eigenvalue weighted by Crippen LogP contribution is -2.47. The summed E-state index contributed by atoms with van der Waals surface area (Å²) >= 11 is 0. The Hall–Kier alpha value is -3.41. The molecular formula is C19H19N7O. The molecule has 8 heteroatoms. The Balaban J connectivity index is 1.73. The molecule has 1 aliphatic heterocycles. The van der Waals surface area contributed by atoms with E-state index in [2.05, 4.69) is 21.2 Å². The zero-order valence-electron chi connectivity index (χ0n) is 14.7. The van der Waals surface area contributed by atoms with Crippen LogP contribution in [0.15, 0.2) is 54.6 Å². The predicted octanol–water partition coefficient (Wildman–Crippen LogP) is 2.11. The fourth-order valence-electron chi connectivity index (χ4n) is 3.00. The maximum atomic E-state index is 8.97. The number of nitrogens with two attached hydrogens (primary N) is 1. The second-order valence-corrected chi connectivity index (χ2v) is 6.05. The Morgan fingerprint density at radius 3 is 2.41 bits per heavy atom. The minimum atomic E-state index is 0.281. The van der Waals surface area contributed by atoms with Crippen LogP contribution in [0.2, 0.25) is 0 Å². The summed E-state index contributed by atoms with van der Waals surface area (Å²) in [5, 5.41) is 17.7. The molecule has 8 nitrogen and oxygen atoms in total. The van der Waals surface area contributed by atoms with E-state index in [9.17, 15) is 0 Å². The van der Waals surface area contributed by atoms with Gasteiger partial charge in [-0.2, -0.15) is 14.9 Å². The molecule has 0 atom stereocenters. The lowest BCUT2D eigenvalue weighted by Gasteiger charge is -2.36. The Labute approximate surface area is 157 Å². The van der Waals surface area contributed by atoms with Crippen molar-refractivity contribution in [2.45, 2.75) is 0 Å². The summed E-state index contributed by atoms with van der Waals surface area (Å²) in [6.45, 7) is 2.77. The molecule has 1 aromatic heterocycles. The number of aromatic nitrogens is 3. The molecule has 1 saturated heterocycles. The van der Waals surface area contributed by atoms with Gasteiger partial charge in [0.05, 0.1) is 36.2 Å². The quantitative estimate of drug-likeness (QED) is 0.760. The molecule has 0 aliphatic carbocycles. The molecule has 0 amide bonds. The summed E-state index contributed by atoms with van der Waals surface area (Å²) in [6, 6.07) is 19.1. The first-order valence-electron chi connectivity index (χ1n) is 8.67. The van der Waals surface area contributed by atoms with Crippen molar-refractivity contribution in [3.8, 4) is 11.8 Å². The van der Waals surface area contributed by atoms with Gasteiger partial charge in [-0.05, 0) is 36.4 Å². The summed E-state index contributed by atoms with van der Waals surface area (Å²) in [6.07, 6.45) is 0. The fourth-order valence-corrected chi connectivity index (χ4v) is 3.00. The monoisotopic (exact) mass is 361 g/mol. The third kappa shape index (κ3) is 3.46. The minimum Gasteiger partial charge on any atom is -0.379 e. The zero-order chi connectivity index (χ0) is 18.6. The van der Waals surface area contributed by atoms with Crippen LogP contribution < -0.4 is 10.7 Å². The lowest BCUT2D eigenvalue weighted by molar-refractivity contribution is 0.0371. The van der Waals surface area contributed by atoms with Crippen LogP contribution >= 0.6 is 0 Å². The number of para-hydroxylation sites is 1. The van der Waals surface area contributed by atoms with Crippen molar-refractivity contribution in [2.24, 2.45) is 0 Å². The summed E-state index contributed by atoms with van der Waals surface area (Å²) in [4.78, 5) is 4.49. The highest BCUT2D eigenvalue weighted by Crippen LogP contribution is 2.27. The Kier molecular flexibility index (Phi) is 4.70. The van der Waals surface area contributed by atoms with Gasteiger partial charge < -0.3 is 10.5 Å². The van der Waals surface area contributed by atoms with Gasteiger partial charge in [0.25, 0.3) is 5.95 Å². The van der Waals surface area contributed by atoms with Crippen LogP contribution in [0.1, 0.15) is 5.56 Å². The Bertz CT molecular complexity index is 940. The highest BCUT2D eigenvalue weighted by molar-refractivity contribution is 5.57. The van der Waals surface area contributed by atoms with Crippen LogP contribution in [-0.4, -0.2) is 46.1 Å². The summed E-state index contributed by atoms with van der Waals surface area (Å²) in [7, 11) is 0. The van der Waals surface area contributed by atoms with Gasteiger partial charge in [-0.3, -0.25) is 0 Å². The second-order valence-electron chi connectivity index (χ2n) is 6.05. The standard InChI is InChI=1S/C19H19N7O/c20-14-15-6-8-16(9-7-15)25-18(21)22-19(23-25)26(17-4-2-1-3-5-17)24-10-12-27-13-11-24/h1-9H,10-13H2,(H2,21,22,23). The predicted molar refractivity (Wildman–Crippen MR) is 101 cm³/mol. The minimum absolute atomic E-state index is 0.281. The molecule has 1 fully saturated rings. The van der Waals surface area contributed by atoms with E-state index in [0.717, 1.165) is 24.5 Å². The third-order valence-electron chi connectivity index (χ3n) is 4.32. The maximum absolute atomic E-state index is 8.97. The third-order valence-corrected chi connectivity index (χ3v) is 4.32. The molecule has 2 N–H and O–H groups in total. The number of hydrogen-bond donors (Lipinski definition) is 1. The summed E-state index contributed by atoms with van der Waals surface area (Å²) in [5.41, 5.74) is 8.43. The molecule has 0 spiro atoms. The van der Waals surface area contributed by atoms with Gasteiger partial charge in [0.2, 0.25) is 5.95 Å². The van der Waals surface area contributed by atoms with Crippen LogP contribution in [-0.2, 0) is 4.74 Å². The highest BCUT2D eigenvalue weighted by atomic mass is 16.5. The van der Waals surface area contributed by atoms with Crippen molar-refractivity contribution < 1.29 is 4.74 Å². The molecule has 0 saturated carbocycles. The van der Waals surface area contributed by atoms with Crippen LogP contribution in [0.4, 0.5) is 17.6 Å². The van der Waals surface area contributed by atoms with E-state index in [1.807, 2.05) is 35.3 Å². The van der Waals surface area contributed by atoms with Crippen LogP contribution in [0.25, 0.3) is 5.69 Å². The first-order valence-corrected chi connectivity index (χ1v) is 8.67. The summed E-state index contributed by atoms with van der Waals surface area (Å²) in [5.74, 6) is 0.772.